The van der Waals surface area contributed by atoms with Crippen LogP contribution in [0.25, 0.3) is 22.2 Å². The van der Waals surface area contributed by atoms with E-state index in [9.17, 15) is 27.6 Å². The topological polar surface area (TPSA) is 203 Å². The number of amides is 4. The van der Waals surface area contributed by atoms with Crippen molar-refractivity contribution in [3.8, 4) is 22.8 Å². The second-order valence-corrected chi connectivity index (χ2v) is 18.4. The van der Waals surface area contributed by atoms with E-state index >= 15 is 0 Å². The molecule has 15 nitrogen and oxygen atoms in total. The number of hydrogen-bond donors (Lipinski definition) is 5. The number of rotatable bonds is 15. The van der Waals surface area contributed by atoms with Crippen LogP contribution in [0.15, 0.2) is 96.4 Å². The fourth-order valence-corrected chi connectivity index (χ4v) is 8.89. The number of fused-ring (bicyclic) bond motifs is 1. The van der Waals surface area contributed by atoms with Gasteiger partial charge in [0.2, 0.25) is 11.8 Å². The van der Waals surface area contributed by atoms with Gasteiger partial charge in [-0.15, -0.1) is 6.58 Å². The summed E-state index contributed by atoms with van der Waals surface area (Å²) in [7, 11) is -1.24. The van der Waals surface area contributed by atoms with Gasteiger partial charge in [0, 0.05) is 48.5 Å². The molecule has 324 valence electrons. The van der Waals surface area contributed by atoms with Crippen LogP contribution >= 0.6 is 0 Å². The molecular formula is C45H54N6O9S. The molecule has 2 aliphatic rings. The van der Waals surface area contributed by atoms with Gasteiger partial charge in [0.15, 0.2) is 0 Å². The Labute approximate surface area is 356 Å². The minimum absolute atomic E-state index is 0.102. The summed E-state index contributed by atoms with van der Waals surface area (Å²) in [6.45, 7) is 12.5. The van der Waals surface area contributed by atoms with Gasteiger partial charge in [-0.2, -0.15) is 0 Å². The van der Waals surface area contributed by atoms with Crippen molar-refractivity contribution in [2.24, 2.45) is 17.8 Å². The third-order valence-electron chi connectivity index (χ3n) is 10.9. The Bertz CT molecular complexity index is 2420. The standard InChI is InChI=1S/C45H54N6O9S/c1-9-28-25-45(28,42(54)51-61(56,57)38-18-14-13-17-33(38)46-7)50-40(52)32-21-30(23-36(32)48-41(53)39(26(2)3)49-43(55)60-44(4,5)6)59-37-24-34(27-15-11-10-12-16-27)47-35-22-29(58-8)19-20-31(35)37/h9-20,22,24,26,28,30,32,36,39,46H,1,21,23,25H2,2-8H3,(H,48,53)(H,49,55)(H,50,52)(H,51,54)/t28-,30-,32-,36+,39?,45-/m1/s1. The largest absolute Gasteiger partial charge is 0.497 e. The highest BCUT2D eigenvalue weighted by Gasteiger charge is 2.61. The van der Waals surface area contributed by atoms with Crippen LogP contribution in [0, 0.1) is 17.8 Å². The summed E-state index contributed by atoms with van der Waals surface area (Å²) in [5.41, 5.74) is -0.0445. The quantitative estimate of drug-likeness (QED) is 0.0917. The first kappa shape index (κ1) is 44.4. The van der Waals surface area contributed by atoms with Crippen molar-refractivity contribution in [2.45, 2.75) is 88.1 Å². The summed E-state index contributed by atoms with van der Waals surface area (Å²) in [4.78, 5) is 60.1. The molecule has 1 heterocycles. The molecule has 16 heteroatoms. The number of aromatic nitrogens is 1. The van der Waals surface area contributed by atoms with Gasteiger partial charge in [0.1, 0.15) is 39.7 Å². The zero-order valence-corrected chi connectivity index (χ0v) is 36.2. The van der Waals surface area contributed by atoms with Crippen LogP contribution in [-0.4, -0.2) is 80.7 Å². The normalized spacial score (nSPS) is 21.4. The monoisotopic (exact) mass is 854 g/mol. The number of methoxy groups -OCH3 is 1. The first-order valence-electron chi connectivity index (χ1n) is 20.2. The van der Waals surface area contributed by atoms with E-state index in [1.807, 2.05) is 42.5 Å². The molecule has 6 rings (SSSR count). The van der Waals surface area contributed by atoms with Gasteiger partial charge < -0.3 is 35.5 Å². The molecule has 0 radical (unpaired) electrons. The molecule has 0 aliphatic heterocycles. The summed E-state index contributed by atoms with van der Waals surface area (Å²) < 4.78 is 46.8. The number of ether oxygens (including phenoxy) is 3. The molecule has 2 fully saturated rings. The molecule has 5 N–H and O–H groups in total. The molecule has 1 aromatic heterocycles. The Balaban J connectivity index is 1.31. The van der Waals surface area contributed by atoms with Crippen molar-refractivity contribution >= 4 is 50.4 Å². The smallest absolute Gasteiger partial charge is 0.408 e. The lowest BCUT2D eigenvalue weighted by molar-refractivity contribution is -0.132. The summed E-state index contributed by atoms with van der Waals surface area (Å²) >= 11 is 0. The number of carbonyl (C=O) groups is 4. The molecule has 3 aromatic carbocycles. The maximum atomic E-state index is 14.5. The molecule has 0 bridgehead atoms. The average Bonchev–Trinajstić information content (AvgIpc) is 3.80. The van der Waals surface area contributed by atoms with Crippen LogP contribution in [0.3, 0.4) is 0 Å². The first-order valence-corrected chi connectivity index (χ1v) is 21.7. The Morgan fingerprint density at radius 3 is 2.31 bits per heavy atom. The highest BCUT2D eigenvalue weighted by Crippen LogP contribution is 2.46. The highest BCUT2D eigenvalue weighted by molar-refractivity contribution is 7.90. The van der Waals surface area contributed by atoms with Gasteiger partial charge in [-0.3, -0.25) is 14.4 Å². The Kier molecular flexibility index (Phi) is 13.0. The lowest BCUT2D eigenvalue weighted by Gasteiger charge is -2.28. The molecule has 1 unspecified atom stereocenters. The highest BCUT2D eigenvalue weighted by atomic mass is 32.2. The van der Waals surface area contributed by atoms with E-state index in [2.05, 4.69) is 32.6 Å². The Hall–Kier alpha value is -6.16. The molecule has 2 saturated carbocycles. The Morgan fingerprint density at radius 2 is 1.67 bits per heavy atom. The molecular weight excluding hydrogens is 801 g/mol. The Morgan fingerprint density at radius 1 is 0.967 bits per heavy atom. The number of sulfonamides is 1. The van der Waals surface area contributed by atoms with E-state index in [1.165, 1.54) is 18.2 Å². The van der Waals surface area contributed by atoms with E-state index in [4.69, 9.17) is 19.2 Å². The van der Waals surface area contributed by atoms with Crippen molar-refractivity contribution in [3.63, 3.8) is 0 Å². The number of benzene rings is 3. The van der Waals surface area contributed by atoms with Crippen molar-refractivity contribution in [3.05, 3.63) is 91.5 Å². The summed E-state index contributed by atoms with van der Waals surface area (Å²) in [6.07, 6.45) is 0.464. The summed E-state index contributed by atoms with van der Waals surface area (Å²) in [5, 5.41) is 12.0. The minimum atomic E-state index is -4.37. The van der Waals surface area contributed by atoms with E-state index in [0.29, 0.717) is 28.1 Å². The molecule has 4 amide bonds. The van der Waals surface area contributed by atoms with Gasteiger partial charge in [-0.1, -0.05) is 62.4 Å². The fraction of sp³-hybridized carbons (Fsp3) is 0.400. The summed E-state index contributed by atoms with van der Waals surface area (Å²) in [5.74, 6) is -2.87. The SMILES string of the molecule is C=C[C@@H]1C[C@]1(NC(=O)[C@@H]1C[C@@H](Oc2cc(-c3ccccc3)nc3cc(OC)ccc23)C[C@@H]1NC(=O)C(NC(=O)OC(C)(C)C)C(C)C)C(=O)NS(=O)(=O)c1ccccc1NC. The van der Waals surface area contributed by atoms with Crippen molar-refractivity contribution < 1.29 is 41.8 Å². The maximum absolute atomic E-state index is 14.5. The van der Waals surface area contributed by atoms with Crippen molar-refractivity contribution in [2.75, 3.05) is 19.5 Å². The lowest BCUT2D eigenvalue weighted by Crippen LogP contribution is -2.57. The van der Waals surface area contributed by atoms with Crippen molar-refractivity contribution in [1.82, 2.24) is 25.7 Å². The van der Waals surface area contributed by atoms with E-state index < -0.39 is 75.0 Å². The molecule has 0 spiro atoms. The van der Waals surface area contributed by atoms with E-state index in [0.717, 1.165) is 5.56 Å². The summed E-state index contributed by atoms with van der Waals surface area (Å²) in [6, 6.07) is 21.1. The first-order chi connectivity index (χ1) is 28.9. The molecule has 6 atom stereocenters. The van der Waals surface area contributed by atoms with Gasteiger partial charge in [-0.25, -0.2) is 22.9 Å². The van der Waals surface area contributed by atoms with E-state index in [-0.39, 0.29) is 35.8 Å². The van der Waals surface area contributed by atoms with Crippen molar-refractivity contribution in [1.29, 1.82) is 0 Å². The van der Waals surface area contributed by atoms with Gasteiger partial charge >= 0.3 is 6.09 Å². The number of alkyl carbamates (subject to hydrolysis) is 1. The van der Waals surface area contributed by atoms with Crippen LogP contribution in [0.4, 0.5) is 10.5 Å². The fourth-order valence-electron chi connectivity index (χ4n) is 7.64. The predicted molar refractivity (Wildman–Crippen MR) is 231 cm³/mol. The van der Waals surface area contributed by atoms with Crippen LogP contribution < -0.4 is 35.5 Å². The number of pyridine rings is 1. The van der Waals surface area contributed by atoms with Gasteiger partial charge in [0.05, 0.1) is 29.9 Å². The van der Waals surface area contributed by atoms with Crippen LogP contribution in [-0.2, 0) is 29.1 Å². The van der Waals surface area contributed by atoms with E-state index in [1.54, 1.807) is 73.0 Å². The minimum Gasteiger partial charge on any atom is -0.497 e. The third-order valence-corrected chi connectivity index (χ3v) is 12.3. The average molecular weight is 855 g/mol. The number of para-hydroxylation sites is 1. The van der Waals surface area contributed by atoms with Gasteiger partial charge in [0.25, 0.3) is 15.9 Å². The molecule has 61 heavy (non-hydrogen) atoms. The number of anilines is 1. The third kappa shape index (κ3) is 10.1. The number of carbonyl (C=O) groups excluding carboxylic acids is 4. The lowest BCUT2D eigenvalue weighted by atomic mass is 9.99. The van der Waals surface area contributed by atoms with Crippen LogP contribution in [0.1, 0.15) is 53.9 Å². The second-order valence-electron chi connectivity index (χ2n) is 16.7. The zero-order valence-electron chi connectivity index (χ0n) is 35.4. The number of nitrogens with one attached hydrogen (secondary N) is 5. The molecule has 4 aromatic rings. The number of hydrogen-bond acceptors (Lipinski definition) is 11. The zero-order chi connectivity index (χ0) is 44.3. The molecule has 2 aliphatic carbocycles. The molecule has 0 saturated heterocycles. The van der Waals surface area contributed by atoms with Gasteiger partial charge in [-0.05, 0) is 63.8 Å². The number of nitrogens with zero attached hydrogens (tertiary/aromatic N) is 1. The van der Waals surface area contributed by atoms with Crippen LogP contribution in [0.5, 0.6) is 11.5 Å². The van der Waals surface area contributed by atoms with Crippen LogP contribution in [0.2, 0.25) is 0 Å². The maximum Gasteiger partial charge on any atom is 0.408 e. The predicted octanol–water partition coefficient (Wildman–Crippen LogP) is 5.71. The second kappa shape index (κ2) is 17.8.